The number of nitrogens with zero attached hydrogens (tertiary/aromatic N) is 1. The van der Waals surface area contributed by atoms with E-state index in [0.29, 0.717) is 22.9 Å². The molecule has 1 heterocycles. The summed E-state index contributed by atoms with van der Waals surface area (Å²) in [4.78, 5) is 27.7. The molecule has 0 fully saturated rings. The summed E-state index contributed by atoms with van der Waals surface area (Å²) < 4.78 is 26.7. The minimum absolute atomic E-state index is 0.0520. The number of imide groups is 1. The molecule has 4 nitrogen and oxygen atoms in total. The third kappa shape index (κ3) is 3.97. The van der Waals surface area contributed by atoms with Crippen LogP contribution in [-0.4, -0.2) is 11.8 Å². The molecule has 0 aliphatic carbocycles. The van der Waals surface area contributed by atoms with Crippen molar-refractivity contribution in [2.75, 3.05) is 10.2 Å². The van der Waals surface area contributed by atoms with E-state index in [4.69, 9.17) is 0 Å². The van der Waals surface area contributed by atoms with Crippen LogP contribution in [0.2, 0.25) is 0 Å². The zero-order valence-electron chi connectivity index (χ0n) is 17.0. The van der Waals surface area contributed by atoms with Gasteiger partial charge in [0, 0.05) is 5.69 Å². The molecule has 0 aromatic heterocycles. The third-order valence-corrected chi connectivity index (χ3v) is 5.15. The molecule has 0 bridgehead atoms. The summed E-state index contributed by atoms with van der Waals surface area (Å²) >= 11 is 0. The van der Waals surface area contributed by atoms with Gasteiger partial charge in [-0.25, -0.2) is 13.7 Å². The second-order valence-corrected chi connectivity index (χ2v) is 7.58. The number of anilines is 2. The fourth-order valence-electron chi connectivity index (χ4n) is 3.45. The zero-order valence-corrected chi connectivity index (χ0v) is 17.0. The Morgan fingerprint density at radius 3 is 1.84 bits per heavy atom. The summed E-state index contributed by atoms with van der Waals surface area (Å²) in [5.74, 6) is -1.61. The molecule has 0 saturated carbocycles. The summed E-state index contributed by atoms with van der Waals surface area (Å²) in [7, 11) is 0. The quantitative estimate of drug-likeness (QED) is 0.558. The molecule has 0 radical (unpaired) electrons. The van der Waals surface area contributed by atoms with Crippen LogP contribution >= 0.6 is 0 Å². The molecule has 1 N–H and O–H groups in total. The van der Waals surface area contributed by atoms with E-state index < -0.39 is 23.4 Å². The lowest BCUT2D eigenvalue weighted by molar-refractivity contribution is -0.120. The fourth-order valence-corrected chi connectivity index (χ4v) is 3.45. The Bertz CT molecular complexity index is 1170. The van der Waals surface area contributed by atoms with Crippen molar-refractivity contribution in [3.8, 4) is 0 Å². The molecule has 0 saturated heterocycles. The van der Waals surface area contributed by atoms with Gasteiger partial charge in [0.15, 0.2) is 0 Å². The molecular formula is C25H20F2N2O2. The first-order valence-corrected chi connectivity index (χ1v) is 9.86. The maximum Gasteiger partial charge on any atom is 0.282 e. The molecule has 31 heavy (non-hydrogen) atoms. The van der Waals surface area contributed by atoms with Gasteiger partial charge >= 0.3 is 0 Å². The van der Waals surface area contributed by atoms with Gasteiger partial charge in [-0.15, -0.1) is 0 Å². The molecule has 1 aliphatic rings. The van der Waals surface area contributed by atoms with E-state index >= 15 is 0 Å². The van der Waals surface area contributed by atoms with E-state index in [1.807, 2.05) is 12.1 Å². The lowest BCUT2D eigenvalue weighted by atomic mass is 10.0. The number of benzene rings is 3. The van der Waals surface area contributed by atoms with Gasteiger partial charge in [0.1, 0.15) is 17.3 Å². The lowest BCUT2D eigenvalue weighted by Gasteiger charge is -2.16. The highest BCUT2D eigenvalue weighted by atomic mass is 19.1. The number of carbonyl (C=O) groups is 2. The Kier molecular flexibility index (Phi) is 5.38. The van der Waals surface area contributed by atoms with Gasteiger partial charge in [-0.1, -0.05) is 38.1 Å². The van der Waals surface area contributed by atoms with Gasteiger partial charge < -0.3 is 5.32 Å². The van der Waals surface area contributed by atoms with Crippen LogP contribution in [0.25, 0.3) is 5.57 Å². The Morgan fingerprint density at radius 2 is 1.29 bits per heavy atom. The zero-order chi connectivity index (χ0) is 22.1. The van der Waals surface area contributed by atoms with E-state index in [1.54, 1.807) is 12.1 Å². The van der Waals surface area contributed by atoms with Gasteiger partial charge in [-0.3, -0.25) is 9.59 Å². The van der Waals surface area contributed by atoms with Crippen molar-refractivity contribution >= 4 is 28.8 Å². The van der Waals surface area contributed by atoms with E-state index in [1.165, 1.54) is 48.5 Å². The van der Waals surface area contributed by atoms with Crippen LogP contribution in [0, 0.1) is 11.6 Å². The second kappa shape index (κ2) is 8.14. The molecule has 0 atom stereocenters. The summed E-state index contributed by atoms with van der Waals surface area (Å²) in [6.07, 6.45) is 0. The molecule has 1 aliphatic heterocycles. The standard InChI is InChI=1S/C25H20F2N2O2/c1-15(2)16-5-13-21(14-6-16)29-24(30)22(17-3-7-18(26)8-4-17)23(25(29)31)28-20-11-9-19(27)10-12-20/h3-15,28H,1-2H3. The number of carbonyl (C=O) groups excluding carboxylic acids is 2. The molecule has 6 heteroatoms. The van der Waals surface area contributed by atoms with Gasteiger partial charge in [0.2, 0.25) is 0 Å². The minimum atomic E-state index is -0.536. The Morgan fingerprint density at radius 1 is 0.742 bits per heavy atom. The monoisotopic (exact) mass is 418 g/mol. The maximum atomic E-state index is 13.4. The first kappa shape index (κ1) is 20.5. The van der Waals surface area contributed by atoms with E-state index in [2.05, 4.69) is 19.2 Å². The molecule has 4 rings (SSSR count). The molecule has 3 aromatic carbocycles. The highest BCUT2D eigenvalue weighted by Crippen LogP contribution is 2.34. The number of rotatable bonds is 5. The summed E-state index contributed by atoms with van der Waals surface area (Å²) in [6.45, 7) is 4.11. The van der Waals surface area contributed by atoms with Crippen LogP contribution in [0.1, 0.15) is 30.9 Å². The van der Waals surface area contributed by atoms with Crippen molar-refractivity contribution in [2.45, 2.75) is 19.8 Å². The maximum absolute atomic E-state index is 13.4. The Hall–Kier alpha value is -3.80. The topological polar surface area (TPSA) is 49.4 Å². The normalized spacial score (nSPS) is 14.0. The minimum Gasteiger partial charge on any atom is -0.350 e. The summed E-state index contributed by atoms with van der Waals surface area (Å²) in [6, 6.07) is 18.0. The Labute approximate surface area is 178 Å². The van der Waals surface area contributed by atoms with Crippen molar-refractivity contribution < 1.29 is 18.4 Å². The van der Waals surface area contributed by atoms with Crippen LogP contribution in [0.5, 0.6) is 0 Å². The largest absolute Gasteiger partial charge is 0.350 e. The van der Waals surface area contributed by atoms with Crippen molar-refractivity contribution in [2.24, 2.45) is 0 Å². The number of hydrogen-bond acceptors (Lipinski definition) is 3. The van der Waals surface area contributed by atoms with Gasteiger partial charge in [-0.2, -0.15) is 0 Å². The Balaban J connectivity index is 1.77. The SMILES string of the molecule is CC(C)c1ccc(N2C(=O)C(Nc3ccc(F)cc3)=C(c3ccc(F)cc3)C2=O)cc1. The van der Waals surface area contributed by atoms with Gasteiger partial charge in [0.25, 0.3) is 11.8 Å². The third-order valence-electron chi connectivity index (χ3n) is 5.15. The average Bonchev–Trinajstić information content (AvgIpc) is 3.00. The molecule has 2 amide bonds. The van der Waals surface area contributed by atoms with Crippen molar-refractivity contribution in [3.63, 3.8) is 0 Å². The average molecular weight is 418 g/mol. The molecular weight excluding hydrogens is 398 g/mol. The van der Waals surface area contributed by atoms with Crippen LogP contribution < -0.4 is 10.2 Å². The van der Waals surface area contributed by atoms with Crippen LogP contribution in [0.3, 0.4) is 0 Å². The number of amides is 2. The van der Waals surface area contributed by atoms with Crippen LogP contribution in [0.4, 0.5) is 20.2 Å². The van der Waals surface area contributed by atoms with Crippen molar-refractivity contribution in [1.29, 1.82) is 0 Å². The second-order valence-electron chi connectivity index (χ2n) is 7.58. The highest BCUT2D eigenvalue weighted by molar-refractivity contribution is 6.46. The number of nitrogens with one attached hydrogen (secondary N) is 1. The molecule has 156 valence electrons. The van der Waals surface area contributed by atoms with Gasteiger partial charge in [-0.05, 0) is 65.6 Å². The smallest absolute Gasteiger partial charge is 0.282 e. The first-order chi connectivity index (χ1) is 14.8. The highest BCUT2D eigenvalue weighted by Gasteiger charge is 2.40. The number of hydrogen-bond donors (Lipinski definition) is 1. The van der Waals surface area contributed by atoms with E-state index in [-0.39, 0.29) is 11.3 Å². The summed E-state index contributed by atoms with van der Waals surface area (Å²) in [5.41, 5.74) is 2.56. The lowest BCUT2D eigenvalue weighted by Crippen LogP contribution is -2.32. The molecule has 0 unspecified atom stereocenters. The van der Waals surface area contributed by atoms with Gasteiger partial charge in [0.05, 0.1) is 11.3 Å². The van der Waals surface area contributed by atoms with Crippen molar-refractivity contribution in [1.82, 2.24) is 0 Å². The summed E-state index contributed by atoms with van der Waals surface area (Å²) in [5, 5.41) is 2.95. The van der Waals surface area contributed by atoms with Crippen LogP contribution in [-0.2, 0) is 9.59 Å². The number of halogens is 2. The first-order valence-electron chi connectivity index (χ1n) is 9.86. The van der Waals surface area contributed by atoms with E-state index in [0.717, 1.165) is 10.5 Å². The fraction of sp³-hybridized carbons (Fsp3) is 0.120. The molecule has 3 aromatic rings. The predicted molar refractivity (Wildman–Crippen MR) is 116 cm³/mol. The predicted octanol–water partition coefficient (Wildman–Crippen LogP) is 5.48. The van der Waals surface area contributed by atoms with E-state index in [9.17, 15) is 18.4 Å². The van der Waals surface area contributed by atoms with Crippen LogP contribution in [0.15, 0.2) is 78.5 Å². The molecule has 0 spiro atoms. The van der Waals surface area contributed by atoms with Crippen molar-refractivity contribution in [3.05, 3.63) is 101 Å².